The lowest BCUT2D eigenvalue weighted by atomic mass is 9.85. The molecule has 1 saturated heterocycles. The molecule has 2 rings (SSSR count). The second kappa shape index (κ2) is 7.81. The van der Waals surface area contributed by atoms with E-state index in [2.05, 4.69) is 5.32 Å². The smallest absolute Gasteiger partial charge is 0.249 e. The Morgan fingerprint density at radius 3 is 2.55 bits per heavy atom. The molecule has 0 aromatic carbocycles. The van der Waals surface area contributed by atoms with Crippen molar-refractivity contribution in [2.45, 2.75) is 56.8 Å². The zero-order valence-electron chi connectivity index (χ0n) is 11.5. The number of rotatable bonds is 4. The molecule has 0 aromatic heterocycles. The number of hydrogen-bond donors (Lipinski definition) is 3. The summed E-state index contributed by atoms with van der Waals surface area (Å²) in [5.74, 6) is -0.453. The first-order valence-corrected chi connectivity index (χ1v) is 7.05. The van der Waals surface area contributed by atoms with E-state index in [0.29, 0.717) is 13.0 Å². The van der Waals surface area contributed by atoms with Crippen LogP contribution in [0.15, 0.2) is 0 Å². The summed E-state index contributed by atoms with van der Waals surface area (Å²) in [7, 11) is 0. The highest BCUT2D eigenvalue weighted by atomic mass is 35.5. The summed E-state index contributed by atoms with van der Waals surface area (Å²) in [6.07, 6.45) is 4.48. The van der Waals surface area contributed by atoms with Gasteiger partial charge >= 0.3 is 0 Å². The molecule has 0 radical (unpaired) electrons. The normalized spacial score (nSPS) is 33.2. The Balaban J connectivity index is 0.00000200. The minimum atomic E-state index is -0.387. The highest BCUT2D eigenvalue weighted by Gasteiger charge is 2.32. The Bertz CT molecular complexity index is 354. The van der Waals surface area contributed by atoms with Gasteiger partial charge in [-0.1, -0.05) is 6.42 Å². The van der Waals surface area contributed by atoms with Crippen LogP contribution < -0.4 is 16.8 Å². The number of amides is 2. The number of ether oxygens (including phenoxy) is 1. The van der Waals surface area contributed by atoms with Gasteiger partial charge in [-0.25, -0.2) is 0 Å². The highest BCUT2D eigenvalue weighted by Crippen LogP contribution is 2.25. The molecule has 6 nitrogen and oxygen atoms in total. The van der Waals surface area contributed by atoms with Crippen molar-refractivity contribution in [2.75, 3.05) is 6.54 Å². The Kier molecular flexibility index (Phi) is 6.71. The molecule has 2 aliphatic rings. The highest BCUT2D eigenvalue weighted by molar-refractivity contribution is 5.85. The second-order valence-electron chi connectivity index (χ2n) is 5.53. The molecule has 7 heteroatoms. The first kappa shape index (κ1) is 17.2. The summed E-state index contributed by atoms with van der Waals surface area (Å²) < 4.78 is 5.56. The number of carbonyl (C=O) groups is 2. The lowest BCUT2D eigenvalue weighted by molar-refractivity contribution is -0.133. The van der Waals surface area contributed by atoms with Gasteiger partial charge in [0.1, 0.15) is 6.10 Å². The molecule has 116 valence electrons. The van der Waals surface area contributed by atoms with Crippen LogP contribution in [0.1, 0.15) is 38.5 Å². The standard InChI is InChI=1S/C13H23N3O3.ClH/c14-7-10-4-5-11(19-10)13(18)16-9-3-1-2-8(6-9)12(15)17;/h8-11H,1-7,14H2,(H2,15,17)(H,16,18);1H/t8?,9?,10-,11+;/m1./s1. The summed E-state index contributed by atoms with van der Waals surface area (Å²) in [6.45, 7) is 0.455. The number of primary amides is 1. The quantitative estimate of drug-likeness (QED) is 0.683. The van der Waals surface area contributed by atoms with Gasteiger partial charge in [-0.05, 0) is 32.1 Å². The Hall–Kier alpha value is -0.850. The molecule has 5 N–H and O–H groups in total. The van der Waals surface area contributed by atoms with E-state index in [4.69, 9.17) is 16.2 Å². The fourth-order valence-electron chi connectivity index (χ4n) is 2.95. The van der Waals surface area contributed by atoms with E-state index in [9.17, 15) is 9.59 Å². The van der Waals surface area contributed by atoms with Gasteiger partial charge in [0.2, 0.25) is 11.8 Å². The zero-order valence-corrected chi connectivity index (χ0v) is 12.4. The van der Waals surface area contributed by atoms with Crippen LogP contribution in [-0.4, -0.2) is 36.6 Å². The van der Waals surface area contributed by atoms with Crippen LogP contribution in [0.5, 0.6) is 0 Å². The SMILES string of the molecule is Cl.NC[C@H]1CC[C@@H](C(=O)NC2CCCC(C(N)=O)C2)O1. The molecular weight excluding hydrogens is 282 g/mol. The molecule has 2 amide bonds. The first-order chi connectivity index (χ1) is 9.10. The third-order valence-corrected chi connectivity index (χ3v) is 4.09. The molecular formula is C13H24ClN3O3. The number of nitrogens with two attached hydrogens (primary N) is 2. The van der Waals surface area contributed by atoms with Crippen molar-refractivity contribution < 1.29 is 14.3 Å². The maximum Gasteiger partial charge on any atom is 0.249 e. The summed E-state index contributed by atoms with van der Waals surface area (Å²) in [5, 5.41) is 2.98. The third kappa shape index (κ3) is 4.33. The van der Waals surface area contributed by atoms with Crippen molar-refractivity contribution in [3.05, 3.63) is 0 Å². The van der Waals surface area contributed by atoms with Crippen LogP contribution in [0.25, 0.3) is 0 Å². The molecule has 0 bridgehead atoms. The molecule has 2 fully saturated rings. The molecule has 4 atom stereocenters. The van der Waals surface area contributed by atoms with Crippen LogP contribution >= 0.6 is 12.4 Å². The molecule has 1 heterocycles. The van der Waals surface area contributed by atoms with Crippen molar-refractivity contribution >= 4 is 24.2 Å². The van der Waals surface area contributed by atoms with Gasteiger partial charge in [-0.3, -0.25) is 9.59 Å². The van der Waals surface area contributed by atoms with Gasteiger partial charge in [-0.15, -0.1) is 12.4 Å². The van der Waals surface area contributed by atoms with Crippen LogP contribution in [0.4, 0.5) is 0 Å². The van der Waals surface area contributed by atoms with E-state index in [0.717, 1.165) is 32.1 Å². The van der Waals surface area contributed by atoms with Crippen LogP contribution in [0, 0.1) is 5.92 Å². The van der Waals surface area contributed by atoms with E-state index in [1.54, 1.807) is 0 Å². The van der Waals surface area contributed by atoms with Gasteiger partial charge < -0.3 is 21.5 Å². The lowest BCUT2D eigenvalue weighted by Gasteiger charge is -2.28. The van der Waals surface area contributed by atoms with Crippen molar-refractivity contribution in [1.29, 1.82) is 0 Å². The number of nitrogens with one attached hydrogen (secondary N) is 1. The fraction of sp³-hybridized carbons (Fsp3) is 0.846. The van der Waals surface area contributed by atoms with E-state index in [1.165, 1.54) is 0 Å². The summed E-state index contributed by atoms with van der Waals surface area (Å²) in [4.78, 5) is 23.3. The van der Waals surface area contributed by atoms with E-state index >= 15 is 0 Å². The Morgan fingerprint density at radius 1 is 1.20 bits per heavy atom. The molecule has 0 spiro atoms. The molecule has 1 saturated carbocycles. The van der Waals surface area contributed by atoms with Crippen LogP contribution in [0.2, 0.25) is 0 Å². The minimum absolute atomic E-state index is 0. The van der Waals surface area contributed by atoms with Crippen molar-refractivity contribution in [2.24, 2.45) is 17.4 Å². The van der Waals surface area contributed by atoms with Gasteiger partial charge in [0.25, 0.3) is 0 Å². The average molecular weight is 306 g/mol. The maximum absolute atomic E-state index is 12.1. The monoisotopic (exact) mass is 305 g/mol. The molecule has 0 aromatic rings. The lowest BCUT2D eigenvalue weighted by Crippen LogP contribution is -2.45. The van der Waals surface area contributed by atoms with Gasteiger partial charge in [0.15, 0.2) is 0 Å². The number of carbonyl (C=O) groups excluding carboxylic acids is 2. The van der Waals surface area contributed by atoms with Crippen molar-refractivity contribution in [1.82, 2.24) is 5.32 Å². The van der Waals surface area contributed by atoms with E-state index in [-0.39, 0.29) is 48.4 Å². The number of halogens is 1. The Labute approximate surface area is 125 Å². The molecule has 2 unspecified atom stereocenters. The van der Waals surface area contributed by atoms with Crippen LogP contribution in [0.3, 0.4) is 0 Å². The fourth-order valence-corrected chi connectivity index (χ4v) is 2.95. The molecule has 20 heavy (non-hydrogen) atoms. The van der Waals surface area contributed by atoms with Crippen molar-refractivity contribution in [3.8, 4) is 0 Å². The van der Waals surface area contributed by atoms with E-state index < -0.39 is 0 Å². The summed E-state index contributed by atoms with van der Waals surface area (Å²) in [6, 6.07) is 0.0410. The van der Waals surface area contributed by atoms with Crippen molar-refractivity contribution in [3.63, 3.8) is 0 Å². The number of hydrogen-bond acceptors (Lipinski definition) is 4. The van der Waals surface area contributed by atoms with Gasteiger partial charge in [0, 0.05) is 18.5 Å². The van der Waals surface area contributed by atoms with Gasteiger partial charge in [0.05, 0.1) is 6.10 Å². The second-order valence-corrected chi connectivity index (χ2v) is 5.53. The summed E-state index contributed by atoms with van der Waals surface area (Å²) in [5.41, 5.74) is 10.9. The third-order valence-electron chi connectivity index (χ3n) is 4.09. The van der Waals surface area contributed by atoms with Gasteiger partial charge in [-0.2, -0.15) is 0 Å². The predicted molar refractivity (Wildman–Crippen MR) is 77.3 cm³/mol. The molecule has 1 aliphatic heterocycles. The largest absolute Gasteiger partial charge is 0.369 e. The minimum Gasteiger partial charge on any atom is -0.369 e. The topological polar surface area (TPSA) is 107 Å². The Morgan fingerprint density at radius 2 is 1.95 bits per heavy atom. The van der Waals surface area contributed by atoms with E-state index in [1.807, 2.05) is 0 Å². The average Bonchev–Trinajstić information content (AvgIpc) is 2.88. The maximum atomic E-state index is 12.1. The first-order valence-electron chi connectivity index (χ1n) is 7.05. The predicted octanol–water partition coefficient (Wildman–Crippen LogP) is 0.0748. The van der Waals surface area contributed by atoms with Crippen LogP contribution in [-0.2, 0) is 14.3 Å². The summed E-state index contributed by atoms with van der Waals surface area (Å²) >= 11 is 0. The molecule has 1 aliphatic carbocycles. The zero-order chi connectivity index (χ0) is 13.8.